The number of rotatable bonds is 6. The van der Waals surface area contributed by atoms with Crippen LogP contribution < -0.4 is 10.6 Å². The van der Waals surface area contributed by atoms with Gasteiger partial charge in [-0.3, -0.25) is 10.1 Å². The van der Waals surface area contributed by atoms with Crippen molar-refractivity contribution in [3.63, 3.8) is 0 Å². The molecule has 6 heteroatoms. The Morgan fingerprint density at radius 1 is 1.38 bits per heavy atom. The van der Waals surface area contributed by atoms with Gasteiger partial charge in [-0.2, -0.15) is 0 Å². The van der Waals surface area contributed by atoms with E-state index < -0.39 is 0 Å². The molecule has 6 nitrogen and oxygen atoms in total. The predicted octanol–water partition coefficient (Wildman–Crippen LogP) is 3.80. The van der Waals surface area contributed by atoms with Gasteiger partial charge in [0.05, 0.1) is 4.92 Å². The summed E-state index contributed by atoms with van der Waals surface area (Å²) in [4.78, 5) is 15.1. The molecular formula is C15H24N4O2. The van der Waals surface area contributed by atoms with Crippen molar-refractivity contribution in [2.45, 2.75) is 52.0 Å². The Kier molecular flexibility index (Phi) is 5.36. The van der Waals surface area contributed by atoms with Crippen LogP contribution >= 0.6 is 0 Å². The van der Waals surface area contributed by atoms with Gasteiger partial charge < -0.3 is 10.6 Å². The third-order valence-electron chi connectivity index (χ3n) is 4.15. The fourth-order valence-corrected chi connectivity index (χ4v) is 2.95. The molecule has 0 spiro atoms. The molecule has 1 saturated carbocycles. The minimum Gasteiger partial charge on any atom is -0.370 e. The van der Waals surface area contributed by atoms with Crippen molar-refractivity contribution in [1.82, 2.24) is 4.98 Å². The van der Waals surface area contributed by atoms with Gasteiger partial charge in [-0.05, 0) is 38.7 Å². The summed E-state index contributed by atoms with van der Waals surface area (Å²) in [5.74, 6) is 1.61. The van der Waals surface area contributed by atoms with Gasteiger partial charge in [0.2, 0.25) is 5.82 Å². The smallest absolute Gasteiger partial charge is 0.311 e. The Balaban J connectivity index is 2.15. The van der Waals surface area contributed by atoms with E-state index in [1.54, 1.807) is 6.07 Å². The van der Waals surface area contributed by atoms with Crippen molar-refractivity contribution in [2.24, 2.45) is 5.92 Å². The normalized spacial score (nSPS) is 17.2. The highest BCUT2D eigenvalue weighted by Gasteiger charge is 2.23. The molecule has 0 saturated heterocycles. The lowest BCUT2D eigenvalue weighted by atomic mass is 9.84. The van der Waals surface area contributed by atoms with Crippen molar-refractivity contribution in [3.8, 4) is 0 Å². The molecule has 0 aromatic carbocycles. The second-order valence-corrected chi connectivity index (χ2v) is 5.68. The summed E-state index contributed by atoms with van der Waals surface area (Å²) in [6, 6.07) is 3.37. The zero-order valence-electron chi connectivity index (χ0n) is 12.8. The molecule has 1 fully saturated rings. The van der Waals surface area contributed by atoms with Crippen LogP contribution in [0, 0.1) is 16.0 Å². The van der Waals surface area contributed by atoms with Crippen LogP contribution in [0.25, 0.3) is 0 Å². The number of hydrogen-bond donors (Lipinski definition) is 2. The minimum absolute atomic E-state index is 0.0410. The van der Waals surface area contributed by atoms with Crippen LogP contribution in [0.2, 0.25) is 0 Å². The van der Waals surface area contributed by atoms with Crippen LogP contribution in [-0.4, -0.2) is 22.5 Å². The second-order valence-electron chi connectivity index (χ2n) is 5.68. The van der Waals surface area contributed by atoms with Gasteiger partial charge in [0.15, 0.2) is 0 Å². The average Bonchev–Trinajstić information content (AvgIpc) is 2.48. The van der Waals surface area contributed by atoms with Crippen LogP contribution in [0.3, 0.4) is 0 Å². The lowest BCUT2D eigenvalue weighted by Gasteiger charge is -2.28. The van der Waals surface area contributed by atoms with Gasteiger partial charge in [-0.15, -0.1) is 0 Å². The van der Waals surface area contributed by atoms with E-state index in [1.807, 2.05) is 6.92 Å². The zero-order valence-corrected chi connectivity index (χ0v) is 12.8. The van der Waals surface area contributed by atoms with Crippen molar-refractivity contribution in [2.75, 3.05) is 17.2 Å². The predicted molar refractivity (Wildman–Crippen MR) is 84.7 cm³/mol. The maximum atomic E-state index is 11.2. The van der Waals surface area contributed by atoms with E-state index in [1.165, 1.54) is 38.2 Å². The Labute approximate surface area is 125 Å². The lowest BCUT2D eigenvalue weighted by Crippen LogP contribution is -2.28. The van der Waals surface area contributed by atoms with Gasteiger partial charge in [-0.25, -0.2) is 4.98 Å². The quantitative estimate of drug-likeness (QED) is 0.615. The van der Waals surface area contributed by atoms with Gasteiger partial charge in [0.1, 0.15) is 5.82 Å². The van der Waals surface area contributed by atoms with Crippen molar-refractivity contribution in [1.29, 1.82) is 0 Å². The number of anilines is 2. The van der Waals surface area contributed by atoms with Crippen LogP contribution in [0.1, 0.15) is 46.0 Å². The standard InChI is InChI=1S/C15H24N4O2/c1-3-16-14-10-9-13(19(20)21)15(18-14)17-11(2)12-7-5-4-6-8-12/h9-12H,3-8H2,1-2H3,(H2,16,17,18). The highest BCUT2D eigenvalue weighted by molar-refractivity contribution is 5.60. The molecule has 2 N–H and O–H groups in total. The molecule has 0 radical (unpaired) electrons. The van der Waals surface area contributed by atoms with E-state index in [-0.39, 0.29) is 16.7 Å². The number of pyridine rings is 1. The molecule has 0 aliphatic heterocycles. The topological polar surface area (TPSA) is 80.1 Å². The largest absolute Gasteiger partial charge is 0.370 e. The van der Waals surface area contributed by atoms with E-state index in [0.29, 0.717) is 17.6 Å². The summed E-state index contributed by atoms with van der Waals surface area (Å²) in [5, 5.41) is 17.5. The maximum Gasteiger partial charge on any atom is 0.311 e. The van der Waals surface area contributed by atoms with Gasteiger partial charge in [0, 0.05) is 18.7 Å². The summed E-state index contributed by atoms with van der Waals surface area (Å²) in [7, 11) is 0. The third-order valence-corrected chi connectivity index (χ3v) is 4.15. The monoisotopic (exact) mass is 292 g/mol. The summed E-state index contributed by atoms with van der Waals surface area (Å²) < 4.78 is 0. The first kappa shape index (κ1) is 15.5. The van der Waals surface area contributed by atoms with Gasteiger partial charge in [-0.1, -0.05) is 19.3 Å². The fourth-order valence-electron chi connectivity index (χ4n) is 2.95. The Morgan fingerprint density at radius 3 is 2.71 bits per heavy atom. The average molecular weight is 292 g/mol. The summed E-state index contributed by atoms with van der Waals surface area (Å²) in [6.45, 7) is 4.81. The van der Waals surface area contributed by atoms with Gasteiger partial charge in [0.25, 0.3) is 0 Å². The summed E-state index contributed by atoms with van der Waals surface area (Å²) in [5.41, 5.74) is 0.0410. The van der Waals surface area contributed by atoms with E-state index in [0.717, 1.165) is 6.54 Å². The summed E-state index contributed by atoms with van der Waals surface area (Å²) >= 11 is 0. The molecule has 1 unspecified atom stereocenters. The van der Waals surface area contributed by atoms with Crippen molar-refractivity contribution < 1.29 is 4.92 Å². The number of nitrogens with zero attached hydrogens (tertiary/aromatic N) is 2. The Hall–Kier alpha value is -1.85. The molecule has 1 aliphatic rings. The second kappa shape index (κ2) is 7.24. The number of nitro groups is 1. The molecule has 1 aliphatic carbocycles. The first-order chi connectivity index (χ1) is 10.1. The number of hydrogen-bond acceptors (Lipinski definition) is 5. The van der Waals surface area contributed by atoms with E-state index >= 15 is 0 Å². The maximum absolute atomic E-state index is 11.2. The van der Waals surface area contributed by atoms with Crippen LogP contribution in [0.4, 0.5) is 17.3 Å². The molecule has 1 aromatic heterocycles. The number of nitrogens with one attached hydrogen (secondary N) is 2. The molecule has 2 rings (SSSR count). The Morgan fingerprint density at radius 2 is 2.10 bits per heavy atom. The van der Waals surface area contributed by atoms with E-state index in [9.17, 15) is 10.1 Å². The summed E-state index contributed by atoms with van der Waals surface area (Å²) in [6.07, 6.45) is 6.19. The molecule has 0 amide bonds. The first-order valence-electron chi connectivity index (χ1n) is 7.77. The number of aromatic nitrogens is 1. The molecule has 116 valence electrons. The molecule has 1 heterocycles. The van der Waals surface area contributed by atoms with Crippen LogP contribution in [-0.2, 0) is 0 Å². The van der Waals surface area contributed by atoms with Crippen LogP contribution in [0.5, 0.6) is 0 Å². The molecular weight excluding hydrogens is 268 g/mol. The fraction of sp³-hybridized carbons (Fsp3) is 0.667. The first-order valence-corrected chi connectivity index (χ1v) is 7.77. The van der Waals surface area contributed by atoms with Crippen molar-refractivity contribution >= 4 is 17.3 Å². The highest BCUT2D eigenvalue weighted by atomic mass is 16.6. The SMILES string of the molecule is CCNc1ccc([N+](=O)[O-])c(NC(C)C2CCCCC2)n1. The minimum atomic E-state index is -0.376. The molecule has 0 bridgehead atoms. The van der Waals surface area contributed by atoms with E-state index in [2.05, 4.69) is 22.5 Å². The highest BCUT2D eigenvalue weighted by Crippen LogP contribution is 2.30. The van der Waals surface area contributed by atoms with E-state index in [4.69, 9.17) is 0 Å². The van der Waals surface area contributed by atoms with Gasteiger partial charge >= 0.3 is 5.69 Å². The molecule has 1 aromatic rings. The van der Waals surface area contributed by atoms with Crippen molar-refractivity contribution in [3.05, 3.63) is 22.2 Å². The zero-order chi connectivity index (χ0) is 15.2. The lowest BCUT2D eigenvalue weighted by molar-refractivity contribution is -0.384. The molecule has 21 heavy (non-hydrogen) atoms. The van der Waals surface area contributed by atoms with Crippen LogP contribution in [0.15, 0.2) is 12.1 Å². The molecule has 1 atom stereocenters. The third kappa shape index (κ3) is 4.06. The Bertz CT molecular complexity index is 487.